The number of carbonyl (C=O) groups is 1. The number of carbonyl (C=O) groups excluding carboxylic acids is 1. The van der Waals surface area contributed by atoms with E-state index >= 15 is 0 Å². The monoisotopic (exact) mass is 278 g/mol. The molecule has 2 aliphatic carbocycles. The van der Waals surface area contributed by atoms with Crippen molar-refractivity contribution >= 4 is 5.91 Å². The van der Waals surface area contributed by atoms with E-state index in [-0.39, 0.29) is 11.7 Å². The lowest BCUT2D eigenvalue weighted by molar-refractivity contribution is -0.135. The van der Waals surface area contributed by atoms with Crippen LogP contribution in [0.5, 0.6) is 0 Å². The van der Waals surface area contributed by atoms with Gasteiger partial charge in [-0.2, -0.15) is 0 Å². The number of amides is 1. The molecular weight excluding hydrogens is 248 g/mol. The summed E-state index contributed by atoms with van der Waals surface area (Å²) in [6.07, 6.45) is 10.2. The Balaban J connectivity index is 1.82. The average molecular weight is 278 g/mol. The molecule has 20 heavy (non-hydrogen) atoms. The summed E-state index contributed by atoms with van der Waals surface area (Å²) in [4.78, 5) is 15.2. The summed E-state index contributed by atoms with van der Waals surface area (Å²) in [5.41, 5.74) is -0.156. The van der Waals surface area contributed by atoms with Gasteiger partial charge in [0.1, 0.15) is 0 Å². The van der Waals surface area contributed by atoms with Crippen LogP contribution in [0.2, 0.25) is 0 Å². The number of nitrogens with one attached hydrogen (secondary N) is 1. The van der Waals surface area contributed by atoms with Crippen LogP contribution in [0.15, 0.2) is 0 Å². The summed E-state index contributed by atoms with van der Waals surface area (Å²) < 4.78 is 0. The molecule has 114 valence electrons. The first kappa shape index (κ1) is 14.4. The van der Waals surface area contributed by atoms with Gasteiger partial charge in [0.25, 0.3) is 0 Å². The Bertz CT molecular complexity index is 369. The van der Waals surface area contributed by atoms with Gasteiger partial charge in [0.2, 0.25) is 5.91 Å². The van der Waals surface area contributed by atoms with Crippen molar-refractivity contribution in [2.45, 2.75) is 89.9 Å². The van der Waals surface area contributed by atoms with Gasteiger partial charge in [-0.1, -0.05) is 40.0 Å². The van der Waals surface area contributed by atoms with Crippen molar-refractivity contribution in [2.24, 2.45) is 11.8 Å². The van der Waals surface area contributed by atoms with E-state index in [9.17, 15) is 4.79 Å². The largest absolute Gasteiger partial charge is 0.322 e. The minimum Gasteiger partial charge on any atom is -0.322 e. The highest BCUT2D eigenvalue weighted by molar-refractivity contribution is 5.92. The molecule has 0 aromatic heterocycles. The lowest BCUT2D eigenvalue weighted by Crippen LogP contribution is -2.50. The van der Waals surface area contributed by atoms with Gasteiger partial charge in [-0.3, -0.25) is 10.1 Å². The fourth-order valence-corrected chi connectivity index (χ4v) is 4.39. The van der Waals surface area contributed by atoms with Crippen LogP contribution < -0.4 is 5.32 Å². The summed E-state index contributed by atoms with van der Waals surface area (Å²) in [5, 5.41) is 3.67. The minimum atomic E-state index is -0.156. The molecule has 2 unspecified atom stereocenters. The van der Waals surface area contributed by atoms with Gasteiger partial charge < -0.3 is 4.90 Å². The second-order valence-corrected chi connectivity index (χ2v) is 7.50. The van der Waals surface area contributed by atoms with E-state index in [2.05, 4.69) is 31.0 Å². The Morgan fingerprint density at radius 1 is 1.25 bits per heavy atom. The van der Waals surface area contributed by atoms with Crippen LogP contribution >= 0.6 is 0 Å². The van der Waals surface area contributed by atoms with Gasteiger partial charge in [0.05, 0.1) is 11.7 Å². The lowest BCUT2D eigenvalue weighted by atomic mass is 9.81. The molecule has 0 radical (unpaired) electrons. The third-order valence-electron chi connectivity index (χ3n) is 5.72. The molecule has 0 aromatic carbocycles. The third-order valence-corrected chi connectivity index (χ3v) is 5.72. The second kappa shape index (κ2) is 5.32. The highest BCUT2D eigenvalue weighted by Crippen LogP contribution is 2.46. The van der Waals surface area contributed by atoms with E-state index in [1.807, 2.05) is 0 Å². The van der Waals surface area contributed by atoms with Crippen molar-refractivity contribution in [1.82, 2.24) is 10.2 Å². The molecule has 2 saturated carbocycles. The Morgan fingerprint density at radius 2 is 1.90 bits per heavy atom. The van der Waals surface area contributed by atoms with Gasteiger partial charge in [0.15, 0.2) is 0 Å². The molecule has 3 rings (SSSR count). The van der Waals surface area contributed by atoms with Crippen LogP contribution in [0.4, 0.5) is 0 Å². The fourth-order valence-electron chi connectivity index (χ4n) is 4.39. The Labute approximate surface area is 123 Å². The molecule has 1 amide bonds. The first-order chi connectivity index (χ1) is 9.59. The minimum absolute atomic E-state index is 0.156. The zero-order valence-corrected chi connectivity index (χ0v) is 13.3. The van der Waals surface area contributed by atoms with Crippen LogP contribution in [-0.4, -0.2) is 28.6 Å². The average Bonchev–Trinajstić information content (AvgIpc) is 3.17. The SMILES string of the molecule is CCC(C1CCCCC1)N1C(=O)C2(CC2)NC1C(C)C. The summed E-state index contributed by atoms with van der Waals surface area (Å²) in [7, 11) is 0. The van der Waals surface area contributed by atoms with Gasteiger partial charge in [-0.15, -0.1) is 0 Å². The summed E-state index contributed by atoms with van der Waals surface area (Å²) in [6.45, 7) is 6.75. The summed E-state index contributed by atoms with van der Waals surface area (Å²) in [6, 6.07) is 0.461. The number of hydrogen-bond acceptors (Lipinski definition) is 2. The lowest BCUT2D eigenvalue weighted by Gasteiger charge is -2.40. The Hall–Kier alpha value is -0.570. The van der Waals surface area contributed by atoms with Crippen LogP contribution in [0.1, 0.15) is 72.1 Å². The molecule has 3 nitrogen and oxygen atoms in total. The topological polar surface area (TPSA) is 32.3 Å². The molecule has 0 aromatic rings. The summed E-state index contributed by atoms with van der Waals surface area (Å²) in [5.74, 6) is 1.64. The maximum Gasteiger partial charge on any atom is 0.244 e. The molecule has 1 heterocycles. The van der Waals surface area contributed by atoms with Crippen molar-refractivity contribution in [3.05, 3.63) is 0 Å². The second-order valence-electron chi connectivity index (χ2n) is 7.50. The maximum atomic E-state index is 12.9. The van der Waals surface area contributed by atoms with Crippen LogP contribution in [0.3, 0.4) is 0 Å². The van der Waals surface area contributed by atoms with Gasteiger partial charge in [0, 0.05) is 6.04 Å². The molecule has 0 bridgehead atoms. The van der Waals surface area contributed by atoms with Gasteiger partial charge in [-0.05, 0) is 43.9 Å². The Kier molecular flexibility index (Phi) is 3.83. The molecule has 3 aliphatic rings. The van der Waals surface area contributed by atoms with Crippen molar-refractivity contribution in [2.75, 3.05) is 0 Å². The quantitative estimate of drug-likeness (QED) is 0.856. The molecule has 3 fully saturated rings. The van der Waals surface area contributed by atoms with E-state index in [0.29, 0.717) is 17.9 Å². The molecule has 1 saturated heterocycles. The zero-order valence-electron chi connectivity index (χ0n) is 13.3. The van der Waals surface area contributed by atoms with Crippen molar-refractivity contribution in [1.29, 1.82) is 0 Å². The molecule has 2 atom stereocenters. The first-order valence-corrected chi connectivity index (χ1v) is 8.69. The number of nitrogens with zero attached hydrogens (tertiary/aromatic N) is 1. The van der Waals surface area contributed by atoms with Crippen molar-refractivity contribution < 1.29 is 4.79 Å². The Morgan fingerprint density at radius 3 is 2.40 bits per heavy atom. The molecule has 1 N–H and O–H groups in total. The normalized spacial score (nSPS) is 31.3. The molecule has 1 spiro atoms. The predicted molar refractivity (Wildman–Crippen MR) is 81.2 cm³/mol. The van der Waals surface area contributed by atoms with Crippen LogP contribution in [0.25, 0.3) is 0 Å². The van der Waals surface area contributed by atoms with Crippen molar-refractivity contribution in [3.63, 3.8) is 0 Å². The third kappa shape index (κ3) is 2.28. The van der Waals surface area contributed by atoms with Crippen LogP contribution in [-0.2, 0) is 4.79 Å². The number of hydrogen-bond donors (Lipinski definition) is 1. The van der Waals surface area contributed by atoms with Crippen molar-refractivity contribution in [3.8, 4) is 0 Å². The van der Waals surface area contributed by atoms with E-state index in [1.165, 1.54) is 32.1 Å². The van der Waals surface area contributed by atoms with Gasteiger partial charge >= 0.3 is 0 Å². The van der Waals surface area contributed by atoms with E-state index in [0.717, 1.165) is 25.2 Å². The van der Waals surface area contributed by atoms with Crippen LogP contribution in [0, 0.1) is 11.8 Å². The summed E-state index contributed by atoms with van der Waals surface area (Å²) >= 11 is 0. The van der Waals surface area contributed by atoms with E-state index in [4.69, 9.17) is 0 Å². The fraction of sp³-hybridized carbons (Fsp3) is 0.941. The smallest absolute Gasteiger partial charge is 0.244 e. The maximum absolute atomic E-state index is 12.9. The molecule has 1 aliphatic heterocycles. The first-order valence-electron chi connectivity index (χ1n) is 8.69. The standard InChI is InChI=1S/C17H30N2O/c1-4-14(13-8-6-5-7-9-13)19-15(12(2)3)18-17(10-11-17)16(19)20/h12-15,18H,4-11H2,1-3H3. The van der Waals surface area contributed by atoms with E-state index < -0.39 is 0 Å². The predicted octanol–water partition coefficient (Wildman–Crippen LogP) is 3.29. The molecular formula is C17H30N2O. The highest BCUT2D eigenvalue weighted by atomic mass is 16.2. The zero-order chi connectivity index (χ0) is 14.3. The highest BCUT2D eigenvalue weighted by Gasteiger charge is 2.60. The molecule has 3 heteroatoms. The van der Waals surface area contributed by atoms with E-state index in [1.54, 1.807) is 0 Å². The van der Waals surface area contributed by atoms with Gasteiger partial charge in [-0.25, -0.2) is 0 Å². The number of rotatable bonds is 4.